The van der Waals surface area contributed by atoms with Gasteiger partial charge in [0.1, 0.15) is 5.69 Å². The lowest BCUT2D eigenvalue weighted by Crippen LogP contribution is -2.40. The number of nitrogens with one attached hydrogen (secondary N) is 1. The largest absolute Gasteiger partial charge is 0.376 e. The number of ether oxygens (including phenoxy) is 1. The van der Waals surface area contributed by atoms with Crippen LogP contribution in [0.15, 0.2) is 12.4 Å². The molecule has 2 amide bonds. The highest BCUT2D eigenvalue weighted by Gasteiger charge is 2.24. The molecule has 1 aromatic heterocycles. The molecule has 1 fully saturated rings. The normalized spacial score (nSPS) is 16.6. The van der Waals surface area contributed by atoms with E-state index in [0.29, 0.717) is 25.3 Å². The van der Waals surface area contributed by atoms with Gasteiger partial charge in [-0.15, -0.1) is 0 Å². The Kier molecular flexibility index (Phi) is 7.78. The van der Waals surface area contributed by atoms with Crippen LogP contribution in [-0.2, 0) is 9.53 Å². The molecular formula is C18H28N4O3. The average molecular weight is 348 g/mol. The first-order valence-corrected chi connectivity index (χ1v) is 9.06. The van der Waals surface area contributed by atoms with Crippen molar-refractivity contribution < 1.29 is 14.3 Å². The standard InChI is InChI=1S/C18H28N4O3/c1-3-4-8-19-17(23)7-9-22(13-15-6-5-10-25-15)18(24)16-12-20-14(2)11-21-16/h11-12,15H,3-10,13H2,1-2H3,(H,19,23)/t15-/m1/s1. The fraction of sp³-hybridized carbons (Fsp3) is 0.667. The number of hydrogen-bond acceptors (Lipinski definition) is 5. The molecule has 0 bridgehead atoms. The lowest BCUT2D eigenvalue weighted by molar-refractivity contribution is -0.121. The summed E-state index contributed by atoms with van der Waals surface area (Å²) in [7, 11) is 0. The van der Waals surface area contributed by atoms with E-state index >= 15 is 0 Å². The van der Waals surface area contributed by atoms with Crippen molar-refractivity contribution in [1.82, 2.24) is 20.2 Å². The Morgan fingerprint density at radius 1 is 1.36 bits per heavy atom. The number of hydrogen-bond donors (Lipinski definition) is 1. The van der Waals surface area contributed by atoms with Crippen LogP contribution in [0.4, 0.5) is 0 Å². The maximum atomic E-state index is 12.8. The number of rotatable bonds is 9. The van der Waals surface area contributed by atoms with Crippen LogP contribution in [0.1, 0.15) is 55.2 Å². The van der Waals surface area contributed by atoms with Crippen molar-refractivity contribution in [2.75, 3.05) is 26.2 Å². The summed E-state index contributed by atoms with van der Waals surface area (Å²) >= 11 is 0. The highest BCUT2D eigenvalue weighted by Crippen LogP contribution is 2.15. The Hall–Kier alpha value is -2.02. The van der Waals surface area contributed by atoms with Gasteiger partial charge in [-0.1, -0.05) is 13.3 Å². The van der Waals surface area contributed by atoms with Crippen LogP contribution in [0.2, 0.25) is 0 Å². The van der Waals surface area contributed by atoms with Gasteiger partial charge >= 0.3 is 0 Å². The van der Waals surface area contributed by atoms with E-state index in [-0.39, 0.29) is 24.3 Å². The third kappa shape index (κ3) is 6.42. The summed E-state index contributed by atoms with van der Waals surface area (Å²) in [6.07, 6.45) is 7.32. The van der Waals surface area contributed by atoms with E-state index in [1.54, 1.807) is 11.1 Å². The van der Waals surface area contributed by atoms with Gasteiger partial charge in [0.25, 0.3) is 5.91 Å². The summed E-state index contributed by atoms with van der Waals surface area (Å²) in [5.41, 5.74) is 1.06. The zero-order chi connectivity index (χ0) is 18.1. The molecule has 2 rings (SSSR count). The summed E-state index contributed by atoms with van der Waals surface area (Å²) in [6.45, 7) is 6.15. The van der Waals surface area contributed by atoms with E-state index in [0.717, 1.165) is 38.0 Å². The number of carbonyl (C=O) groups is 2. The molecule has 0 unspecified atom stereocenters. The second-order valence-corrected chi connectivity index (χ2v) is 6.38. The SMILES string of the molecule is CCCCNC(=O)CCN(C[C@H]1CCCO1)C(=O)c1cnc(C)cn1. The second-order valence-electron chi connectivity index (χ2n) is 6.38. The molecule has 25 heavy (non-hydrogen) atoms. The molecule has 0 aromatic carbocycles. The quantitative estimate of drug-likeness (QED) is 0.687. The second kappa shape index (κ2) is 10.1. The molecule has 0 radical (unpaired) electrons. The molecule has 1 saturated heterocycles. The number of aryl methyl sites for hydroxylation is 1. The van der Waals surface area contributed by atoms with Crippen molar-refractivity contribution in [2.45, 2.75) is 52.1 Å². The first kappa shape index (κ1) is 19.3. The van der Waals surface area contributed by atoms with Crippen molar-refractivity contribution in [3.05, 3.63) is 23.8 Å². The van der Waals surface area contributed by atoms with Gasteiger partial charge in [0.2, 0.25) is 5.91 Å². The van der Waals surface area contributed by atoms with Crippen molar-refractivity contribution >= 4 is 11.8 Å². The Bertz CT molecular complexity index is 556. The first-order chi connectivity index (χ1) is 12.1. The van der Waals surface area contributed by atoms with Gasteiger partial charge in [-0.2, -0.15) is 0 Å². The predicted octanol–water partition coefficient (Wildman–Crippen LogP) is 1.71. The average Bonchev–Trinajstić information content (AvgIpc) is 3.12. The summed E-state index contributed by atoms with van der Waals surface area (Å²) in [5, 5.41) is 2.88. The molecule has 138 valence electrons. The minimum Gasteiger partial charge on any atom is -0.376 e. The van der Waals surface area contributed by atoms with Gasteiger partial charge in [-0.25, -0.2) is 4.98 Å². The van der Waals surface area contributed by atoms with Crippen LogP contribution in [0.25, 0.3) is 0 Å². The first-order valence-electron chi connectivity index (χ1n) is 9.06. The van der Waals surface area contributed by atoms with Gasteiger partial charge in [-0.3, -0.25) is 14.6 Å². The van der Waals surface area contributed by atoms with Crippen molar-refractivity contribution in [1.29, 1.82) is 0 Å². The Morgan fingerprint density at radius 3 is 2.84 bits per heavy atom. The summed E-state index contributed by atoms with van der Waals surface area (Å²) in [6, 6.07) is 0. The Labute approximate surface area is 149 Å². The maximum Gasteiger partial charge on any atom is 0.274 e. The molecule has 0 spiro atoms. The van der Waals surface area contributed by atoms with E-state index in [1.807, 2.05) is 6.92 Å². The summed E-state index contributed by atoms with van der Waals surface area (Å²) in [5.74, 6) is -0.238. The molecule has 1 N–H and O–H groups in total. The predicted molar refractivity (Wildman–Crippen MR) is 94.2 cm³/mol. The molecule has 2 heterocycles. The van der Waals surface area contributed by atoms with E-state index in [4.69, 9.17) is 4.74 Å². The van der Waals surface area contributed by atoms with E-state index in [9.17, 15) is 9.59 Å². The van der Waals surface area contributed by atoms with Crippen molar-refractivity contribution in [3.8, 4) is 0 Å². The molecule has 1 aliphatic heterocycles. The highest BCUT2D eigenvalue weighted by atomic mass is 16.5. The minimum absolute atomic E-state index is 0.0329. The fourth-order valence-corrected chi connectivity index (χ4v) is 2.70. The topological polar surface area (TPSA) is 84.4 Å². The molecule has 7 heteroatoms. The number of amides is 2. The lowest BCUT2D eigenvalue weighted by atomic mass is 10.2. The zero-order valence-electron chi connectivity index (χ0n) is 15.2. The number of aromatic nitrogens is 2. The van der Waals surface area contributed by atoms with Crippen molar-refractivity contribution in [3.63, 3.8) is 0 Å². The fourth-order valence-electron chi connectivity index (χ4n) is 2.70. The molecule has 1 aromatic rings. The van der Waals surface area contributed by atoms with Crippen LogP contribution in [0, 0.1) is 6.92 Å². The van der Waals surface area contributed by atoms with Gasteiger partial charge in [0, 0.05) is 38.9 Å². The van der Waals surface area contributed by atoms with Crippen LogP contribution in [0.5, 0.6) is 0 Å². The third-order valence-electron chi connectivity index (χ3n) is 4.20. The Balaban J connectivity index is 1.95. The number of nitrogens with zero attached hydrogens (tertiary/aromatic N) is 3. The van der Waals surface area contributed by atoms with E-state index in [2.05, 4.69) is 22.2 Å². The molecule has 7 nitrogen and oxygen atoms in total. The van der Waals surface area contributed by atoms with Gasteiger partial charge in [0.05, 0.1) is 18.0 Å². The monoisotopic (exact) mass is 348 g/mol. The van der Waals surface area contributed by atoms with Gasteiger partial charge in [-0.05, 0) is 26.2 Å². The summed E-state index contributed by atoms with van der Waals surface area (Å²) in [4.78, 5) is 34.7. The molecule has 0 saturated carbocycles. The van der Waals surface area contributed by atoms with Crippen LogP contribution in [0.3, 0.4) is 0 Å². The van der Waals surface area contributed by atoms with Crippen LogP contribution >= 0.6 is 0 Å². The van der Waals surface area contributed by atoms with E-state index < -0.39 is 0 Å². The summed E-state index contributed by atoms with van der Waals surface area (Å²) < 4.78 is 5.64. The molecule has 1 atom stereocenters. The van der Waals surface area contributed by atoms with Crippen LogP contribution in [-0.4, -0.2) is 59.0 Å². The van der Waals surface area contributed by atoms with Gasteiger partial charge in [0.15, 0.2) is 0 Å². The zero-order valence-corrected chi connectivity index (χ0v) is 15.2. The third-order valence-corrected chi connectivity index (χ3v) is 4.20. The Morgan fingerprint density at radius 2 is 2.20 bits per heavy atom. The maximum absolute atomic E-state index is 12.8. The van der Waals surface area contributed by atoms with Crippen molar-refractivity contribution in [2.24, 2.45) is 0 Å². The number of unbranched alkanes of at least 4 members (excludes halogenated alkanes) is 1. The lowest BCUT2D eigenvalue weighted by Gasteiger charge is -2.25. The molecule has 1 aliphatic rings. The molecular weight excluding hydrogens is 320 g/mol. The highest BCUT2D eigenvalue weighted by molar-refractivity contribution is 5.92. The molecule has 0 aliphatic carbocycles. The minimum atomic E-state index is -0.204. The van der Waals surface area contributed by atoms with Crippen LogP contribution < -0.4 is 5.32 Å². The van der Waals surface area contributed by atoms with Gasteiger partial charge < -0.3 is 15.0 Å². The number of carbonyl (C=O) groups excluding carboxylic acids is 2. The smallest absolute Gasteiger partial charge is 0.274 e. The van der Waals surface area contributed by atoms with E-state index in [1.165, 1.54) is 6.20 Å².